The molecule has 1 saturated heterocycles. The molecule has 0 spiro atoms. The number of aromatic amines is 1. The second-order valence-electron chi connectivity index (χ2n) is 9.50. The second kappa shape index (κ2) is 9.27. The Morgan fingerprint density at radius 1 is 1.15 bits per heavy atom. The Balaban J connectivity index is 1.47. The van der Waals surface area contributed by atoms with Crippen LogP contribution < -0.4 is 10.3 Å². The van der Waals surface area contributed by atoms with Crippen LogP contribution in [0.2, 0.25) is 0 Å². The van der Waals surface area contributed by atoms with Crippen LogP contribution in [0.1, 0.15) is 62.1 Å². The molecule has 176 valence electrons. The zero-order chi connectivity index (χ0) is 22.9. The summed E-state index contributed by atoms with van der Waals surface area (Å²) in [5.74, 6) is 1.51. The first-order chi connectivity index (χ1) is 16.0. The number of hydrogen-bond donors (Lipinski definition) is 2. The van der Waals surface area contributed by atoms with Crippen molar-refractivity contribution in [2.24, 2.45) is 7.05 Å². The predicted molar refractivity (Wildman–Crippen MR) is 127 cm³/mol. The van der Waals surface area contributed by atoms with Gasteiger partial charge in [-0.15, -0.1) is 0 Å². The number of rotatable bonds is 5. The minimum Gasteiger partial charge on any atom is -0.496 e. The standard InChI is InChI=1S/C25H33N5O3/c1-29-24-21(22(28-29)17-6-4-3-5-7-17)25(32)27-23(26-24)19-9-8-16(14-20(19)33-2)15-30-12-10-18(31)11-13-30/h8-9,14,17-18,31H,3-7,10-13,15H2,1-2H3,(H,26,27,32). The van der Waals surface area contributed by atoms with Gasteiger partial charge in [0.1, 0.15) is 17.0 Å². The first kappa shape index (κ1) is 22.1. The van der Waals surface area contributed by atoms with Crippen LogP contribution in [0, 0.1) is 0 Å². The summed E-state index contributed by atoms with van der Waals surface area (Å²) >= 11 is 0. The molecule has 0 atom stereocenters. The number of benzene rings is 1. The number of nitrogens with one attached hydrogen (secondary N) is 1. The van der Waals surface area contributed by atoms with Gasteiger partial charge in [0, 0.05) is 32.6 Å². The van der Waals surface area contributed by atoms with E-state index in [1.807, 2.05) is 19.2 Å². The highest BCUT2D eigenvalue weighted by Gasteiger charge is 2.25. The molecular weight excluding hydrogens is 418 g/mol. The fourth-order valence-electron chi connectivity index (χ4n) is 5.34. The number of fused-ring (bicyclic) bond motifs is 1. The lowest BCUT2D eigenvalue weighted by atomic mass is 9.86. The van der Waals surface area contributed by atoms with Gasteiger partial charge in [0.15, 0.2) is 5.65 Å². The number of hydrogen-bond acceptors (Lipinski definition) is 6. The lowest BCUT2D eigenvalue weighted by Gasteiger charge is -2.29. The molecule has 2 fully saturated rings. The van der Waals surface area contributed by atoms with Crippen molar-refractivity contribution in [2.45, 2.75) is 63.5 Å². The molecule has 1 aromatic carbocycles. The highest BCUT2D eigenvalue weighted by molar-refractivity contribution is 5.80. The summed E-state index contributed by atoms with van der Waals surface area (Å²) in [5.41, 5.74) is 3.26. The third kappa shape index (κ3) is 4.42. The molecule has 3 heterocycles. The molecule has 1 aliphatic carbocycles. The minimum atomic E-state index is -0.179. The zero-order valence-corrected chi connectivity index (χ0v) is 19.5. The predicted octanol–water partition coefficient (Wildman–Crippen LogP) is 3.34. The number of aromatic nitrogens is 4. The first-order valence-corrected chi connectivity index (χ1v) is 12.1. The number of ether oxygens (including phenoxy) is 1. The van der Waals surface area contributed by atoms with Crippen molar-refractivity contribution in [2.75, 3.05) is 20.2 Å². The van der Waals surface area contributed by atoms with E-state index in [1.54, 1.807) is 11.8 Å². The molecule has 2 aromatic heterocycles. The summed E-state index contributed by atoms with van der Waals surface area (Å²) in [6.45, 7) is 2.58. The van der Waals surface area contributed by atoms with Gasteiger partial charge in [0.05, 0.1) is 24.5 Å². The van der Waals surface area contributed by atoms with Crippen molar-refractivity contribution < 1.29 is 9.84 Å². The summed E-state index contributed by atoms with van der Waals surface area (Å²) in [5, 5.41) is 15.1. The first-order valence-electron chi connectivity index (χ1n) is 12.1. The average molecular weight is 452 g/mol. The molecule has 0 bridgehead atoms. The lowest BCUT2D eigenvalue weighted by Crippen LogP contribution is -2.35. The summed E-state index contributed by atoms with van der Waals surface area (Å²) in [4.78, 5) is 23.3. The third-order valence-electron chi connectivity index (χ3n) is 7.20. The fraction of sp³-hybridized carbons (Fsp3) is 0.560. The van der Waals surface area contributed by atoms with E-state index in [0.29, 0.717) is 28.5 Å². The number of H-pyrrole nitrogens is 1. The molecule has 2 aliphatic rings. The van der Waals surface area contributed by atoms with E-state index in [-0.39, 0.29) is 11.7 Å². The van der Waals surface area contributed by atoms with Gasteiger partial charge in [0.2, 0.25) is 0 Å². The Hall–Kier alpha value is -2.71. The maximum Gasteiger partial charge on any atom is 0.262 e. The van der Waals surface area contributed by atoms with E-state index < -0.39 is 0 Å². The van der Waals surface area contributed by atoms with Gasteiger partial charge >= 0.3 is 0 Å². The second-order valence-corrected chi connectivity index (χ2v) is 9.50. The van der Waals surface area contributed by atoms with Crippen molar-refractivity contribution in [3.05, 3.63) is 39.8 Å². The Kier molecular flexibility index (Phi) is 6.21. The molecule has 2 N–H and O–H groups in total. The summed E-state index contributed by atoms with van der Waals surface area (Å²) < 4.78 is 7.43. The van der Waals surface area contributed by atoms with Gasteiger partial charge in [0.25, 0.3) is 5.56 Å². The molecule has 3 aromatic rings. The topological polar surface area (TPSA) is 96.3 Å². The molecular formula is C25H33N5O3. The van der Waals surface area contributed by atoms with Crippen LogP contribution in [0.3, 0.4) is 0 Å². The lowest BCUT2D eigenvalue weighted by molar-refractivity contribution is 0.0792. The summed E-state index contributed by atoms with van der Waals surface area (Å²) in [7, 11) is 3.50. The maximum atomic E-state index is 13.2. The van der Waals surface area contributed by atoms with Crippen LogP contribution in [0.4, 0.5) is 0 Å². The minimum absolute atomic E-state index is 0.137. The van der Waals surface area contributed by atoms with Crippen LogP contribution >= 0.6 is 0 Å². The Bertz CT molecular complexity index is 1190. The van der Waals surface area contributed by atoms with Gasteiger partial charge < -0.3 is 14.8 Å². The SMILES string of the molecule is COc1cc(CN2CCC(O)CC2)ccc1-c1nc2c(c(C3CCCCC3)nn2C)c(=O)[nH]1. The molecule has 1 saturated carbocycles. The molecule has 8 heteroatoms. The van der Waals surface area contributed by atoms with E-state index in [0.717, 1.165) is 62.1 Å². The van der Waals surface area contributed by atoms with E-state index in [2.05, 4.69) is 16.0 Å². The molecule has 0 amide bonds. The number of likely N-dealkylation sites (tertiary alicyclic amines) is 1. The normalized spacial score (nSPS) is 18.8. The van der Waals surface area contributed by atoms with Crippen LogP contribution in [0.5, 0.6) is 5.75 Å². The average Bonchev–Trinajstić information content (AvgIpc) is 3.18. The van der Waals surface area contributed by atoms with Crippen molar-refractivity contribution in [3.8, 4) is 17.1 Å². The molecule has 5 rings (SSSR count). The highest BCUT2D eigenvalue weighted by atomic mass is 16.5. The zero-order valence-electron chi connectivity index (χ0n) is 19.5. The number of aliphatic hydroxyl groups is 1. The molecule has 8 nitrogen and oxygen atoms in total. The van der Waals surface area contributed by atoms with Crippen molar-refractivity contribution in [3.63, 3.8) is 0 Å². The van der Waals surface area contributed by atoms with Crippen LogP contribution in [0.15, 0.2) is 23.0 Å². The number of methoxy groups -OCH3 is 1. The third-order valence-corrected chi connectivity index (χ3v) is 7.20. The van der Waals surface area contributed by atoms with Gasteiger partial charge in [-0.05, 0) is 43.4 Å². The summed E-state index contributed by atoms with van der Waals surface area (Å²) in [6.07, 6.45) is 7.25. The Labute approximate surface area is 193 Å². The summed E-state index contributed by atoms with van der Waals surface area (Å²) in [6, 6.07) is 6.04. The maximum absolute atomic E-state index is 13.2. The molecule has 0 unspecified atom stereocenters. The fourth-order valence-corrected chi connectivity index (χ4v) is 5.34. The van der Waals surface area contributed by atoms with Gasteiger partial charge in [-0.3, -0.25) is 9.69 Å². The number of nitrogens with zero attached hydrogens (tertiary/aromatic N) is 4. The number of piperidine rings is 1. The smallest absolute Gasteiger partial charge is 0.262 e. The monoisotopic (exact) mass is 451 g/mol. The quantitative estimate of drug-likeness (QED) is 0.618. The van der Waals surface area contributed by atoms with Crippen LogP contribution in [0.25, 0.3) is 22.4 Å². The van der Waals surface area contributed by atoms with Crippen LogP contribution in [-0.4, -0.2) is 56.1 Å². The van der Waals surface area contributed by atoms with Gasteiger partial charge in [-0.25, -0.2) is 9.67 Å². The number of aliphatic hydroxyl groups excluding tert-OH is 1. The van der Waals surface area contributed by atoms with Crippen LogP contribution in [-0.2, 0) is 13.6 Å². The van der Waals surface area contributed by atoms with Crippen molar-refractivity contribution in [1.82, 2.24) is 24.6 Å². The van der Waals surface area contributed by atoms with Crippen molar-refractivity contribution in [1.29, 1.82) is 0 Å². The Morgan fingerprint density at radius 3 is 2.64 bits per heavy atom. The van der Waals surface area contributed by atoms with E-state index in [1.165, 1.54) is 19.3 Å². The van der Waals surface area contributed by atoms with Crippen molar-refractivity contribution >= 4 is 11.0 Å². The largest absolute Gasteiger partial charge is 0.496 e. The number of aryl methyl sites for hydroxylation is 1. The molecule has 1 aliphatic heterocycles. The molecule has 33 heavy (non-hydrogen) atoms. The van der Waals surface area contributed by atoms with E-state index >= 15 is 0 Å². The van der Waals surface area contributed by atoms with Gasteiger partial charge in [-0.1, -0.05) is 25.3 Å². The van der Waals surface area contributed by atoms with E-state index in [9.17, 15) is 9.90 Å². The highest BCUT2D eigenvalue weighted by Crippen LogP contribution is 2.35. The van der Waals surface area contributed by atoms with Gasteiger partial charge in [-0.2, -0.15) is 5.10 Å². The molecule has 0 radical (unpaired) electrons. The Morgan fingerprint density at radius 2 is 1.91 bits per heavy atom. The van der Waals surface area contributed by atoms with E-state index in [4.69, 9.17) is 14.8 Å².